The van der Waals surface area contributed by atoms with E-state index in [0.29, 0.717) is 11.3 Å². The number of hydrogen-bond acceptors (Lipinski definition) is 7. The normalized spacial score (nSPS) is 10.7. The largest absolute Gasteiger partial charge is 0.270 e. The number of aromatic nitrogens is 3. The van der Waals surface area contributed by atoms with Crippen molar-refractivity contribution in [3.05, 3.63) is 62.6 Å². The molecule has 0 saturated carbocycles. The molecular formula is C15H12N4O2S2. The van der Waals surface area contributed by atoms with Crippen LogP contribution in [0.1, 0.15) is 10.7 Å². The molecule has 0 bridgehead atoms. The Morgan fingerprint density at radius 1 is 1.26 bits per heavy atom. The fourth-order valence-corrected chi connectivity index (χ4v) is 3.38. The van der Waals surface area contributed by atoms with Crippen LogP contribution in [-0.2, 0) is 5.75 Å². The van der Waals surface area contributed by atoms with Gasteiger partial charge in [0.15, 0.2) is 0 Å². The van der Waals surface area contributed by atoms with Gasteiger partial charge in [0.1, 0.15) is 5.03 Å². The van der Waals surface area contributed by atoms with E-state index in [4.69, 9.17) is 0 Å². The number of hydrogen-bond donors (Lipinski definition) is 0. The minimum atomic E-state index is -0.420. The Hall–Kier alpha value is -2.32. The minimum Gasteiger partial charge on any atom is -0.258 e. The fraction of sp³-hybridized carbons (Fsp3) is 0.133. The third-order valence-electron chi connectivity index (χ3n) is 3.03. The predicted molar refractivity (Wildman–Crippen MR) is 90.5 cm³/mol. The van der Waals surface area contributed by atoms with Gasteiger partial charge in [-0.05, 0) is 19.1 Å². The zero-order chi connectivity index (χ0) is 16.2. The van der Waals surface area contributed by atoms with Crippen LogP contribution in [0.4, 0.5) is 5.69 Å². The lowest BCUT2D eigenvalue weighted by Gasteiger charge is -2.02. The molecule has 0 saturated heterocycles. The summed E-state index contributed by atoms with van der Waals surface area (Å²) in [6.07, 6.45) is 0. The molecule has 3 aromatic rings. The van der Waals surface area contributed by atoms with Crippen molar-refractivity contribution in [2.45, 2.75) is 17.7 Å². The molecule has 0 amide bonds. The molecule has 1 aromatic carbocycles. The maximum atomic E-state index is 10.8. The van der Waals surface area contributed by atoms with Gasteiger partial charge < -0.3 is 0 Å². The van der Waals surface area contributed by atoms with Crippen LogP contribution >= 0.6 is 23.1 Å². The van der Waals surface area contributed by atoms with Crippen molar-refractivity contribution in [3.8, 4) is 11.3 Å². The second-order valence-corrected chi connectivity index (χ2v) is 6.77. The zero-order valence-electron chi connectivity index (χ0n) is 12.2. The van der Waals surface area contributed by atoms with E-state index >= 15 is 0 Å². The molecule has 0 fully saturated rings. The van der Waals surface area contributed by atoms with Crippen LogP contribution in [0.15, 0.2) is 46.8 Å². The molecule has 0 atom stereocenters. The summed E-state index contributed by atoms with van der Waals surface area (Å²) in [5, 5.41) is 23.0. The van der Waals surface area contributed by atoms with Crippen molar-refractivity contribution in [1.82, 2.24) is 15.2 Å². The molecule has 0 spiro atoms. The van der Waals surface area contributed by atoms with Gasteiger partial charge in [0.2, 0.25) is 0 Å². The van der Waals surface area contributed by atoms with Gasteiger partial charge in [-0.15, -0.1) is 21.5 Å². The molecule has 6 nitrogen and oxygen atoms in total. The summed E-state index contributed by atoms with van der Waals surface area (Å²) < 4.78 is 0. The molecular weight excluding hydrogens is 332 g/mol. The van der Waals surface area contributed by atoms with Gasteiger partial charge in [-0.1, -0.05) is 23.9 Å². The second-order valence-electron chi connectivity index (χ2n) is 4.71. The Labute approximate surface area is 140 Å². The van der Waals surface area contributed by atoms with E-state index in [1.165, 1.54) is 12.1 Å². The van der Waals surface area contributed by atoms with Gasteiger partial charge in [0.05, 0.1) is 21.3 Å². The van der Waals surface area contributed by atoms with Crippen molar-refractivity contribution in [2.24, 2.45) is 0 Å². The van der Waals surface area contributed by atoms with Crippen LogP contribution in [-0.4, -0.2) is 20.1 Å². The molecule has 0 radical (unpaired) electrons. The van der Waals surface area contributed by atoms with Crippen LogP contribution < -0.4 is 0 Å². The highest BCUT2D eigenvalue weighted by Crippen LogP contribution is 2.25. The monoisotopic (exact) mass is 344 g/mol. The van der Waals surface area contributed by atoms with Gasteiger partial charge >= 0.3 is 0 Å². The molecule has 8 heteroatoms. The number of benzene rings is 1. The Morgan fingerprint density at radius 2 is 2.13 bits per heavy atom. The van der Waals surface area contributed by atoms with Crippen LogP contribution in [0.3, 0.4) is 0 Å². The van der Waals surface area contributed by atoms with Crippen molar-refractivity contribution in [1.29, 1.82) is 0 Å². The minimum absolute atomic E-state index is 0.0432. The number of thiazole rings is 1. The van der Waals surface area contributed by atoms with E-state index in [1.807, 2.05) is 24.4 Å². The van der Waals surface area contributed by atoms with Gasteiger partial charge in [0, 0.05) is 28.8 Å². The molecule has 0 N–H and O–H groups in total. The average Bonchev–Trinajstić information content (AvgIpc) is 2.99. The number of nitro groups is 1. The summed E-state index contributed by atoms with van der Waals surface area (Å²) in [6.45, 7) is 1.98. The summed E-state index contributed by atoms with van der Waals surface area (Å²) in [5.41, 5.74) is 2.37. The number of nitrogens with zero attached hydrogens (tertiary/aromatic N) is 4. The van der Waals surface area contributed by atoms with Gasteiger partial charge in [-0.25, -0.2) is 4.98 Å². The summed E-state index contributed by atoms with van der Waals surface area (Å²) >= 11 is 3.19. The van der Waals surface area contributed by atoms with Crippen LogP contribution in [0.2, 0.25) is 0 Å². The Bertz CT molecular complexity index is 834. The molecule has 2 heterocycles. The van der Waals surface area contributed by atoms with E-state index in [0.717, 1.165) is 21.5 Å². The predicted octanol–water partition coefficient (Wildman–Crippen LogP) is 4.11. The molecule has 2 aromatic heterocycles. The van der Waals surface area contributed by atoms with Crippen LogP contribution in [0.5, 0.6) is 0 Å². The SMILES string of the molecule is Cc1nc(CSc2ccc(-c3cccc([N+](=O)[O-])c3)nn2)cs1. The van der Waals surface area contributed by atoms with E-state index in [9.17, 15) is 10.1 Å². The molecule has 116 valence electrons. The number of rotatable bonds is 5. The highest BCUT2D eigenvalue weighted by atomic mass is 32.2. The topological polar surface area (TPSA) is 81.8 Å². The van der Waals surface area contributed by atoms with Gasteiger partial charge in [0.25, 0.3) is 5.69 Å². The average molecular weight is 344 g/mol. The highest BCUT2D eigenvalue weighted by molar-refractivity contribution is 7.98. The number of aryl methyl sites for hydroxylation is 1. The summed E-state index contributed by atoms with van der Waals surface area (Å²) in [6, 6.07) is 10.1. The van der Waals surface area contributed by atoms with Crippen molar-refractivity contribution in [2.75, 3.05) is 0 Å². The third kappa shape index (κ3) is 3.91. The fourth-order valence-electron chi connectivity index (χ4n) is 1.95. The molecule has 0 aliphatic heterocycles. The van der Waals surface area contributed by atoms with E-state index in [1.54, 1.807) is 35.2 Å². The summed E-state index contributed by atoms with van der Waals surface area (Å²) in [7, 11) is 0. The smallest absolute Gasteiger partial charge is 0.258 e. The molecule has 0 aliphatic rings. The van der Waals surface area contributed by atoms with Gasteiger partial charge in [-0.2, -0.15) is 0 Å². The lowest BCUT2D eigenvalue weighted by molar-refractivity contribution is -0.384. The van der Waals surface area contributed by atoms with E-state index in [2.05, 4.69) is 15.2 Å². The Balaban J connectivity index is 1.71. The highest BCUT2D eigenvalue weighted by Gasteiger charge is 2.09. The molecule has 23 heavy (non-hydrogen) atoms. The molecule has 0 unspecified atom stereocenters. The number of non-ortho nitro benzene ring substituents is 1. The first-order valence-corrected chi connectivity index (χ1v) is 8.61. The molecule has 3 rings (SSSR count). The van der Waals surface area contributed by atoms with Crippen molar-refractivity contribution >= 4 is 28.8 Å². The zero-order valence-corrected chi connectivity index (χ0v) is 13.8. The number of nitro benzene ring substituents is 1. The van der Waals surface area contributed by atoms with E-state index < -0.39 is 4.92 Å². The van der Waals surface area contributed by atoms with E-state index in [-0.39, 0.29) is 5.69 Å². The summed E-state index contributed by atoms with van der Waals surface area (Å²) in [4.78, 5) is 14.8. The lowest BCUT2D eigenvalue weighted by atomic mass is 10.1. The standard InChI is InChI=1S/C15H12N4O2S2/c1-10-16-12(8-22-10)9-23-15-6-5-14(17-18-15)11-3-2-4-13(7-11)19(20)21/h2-8H,9H2,1H3. The van der Waals surface area contributed by atoms with Crippen molar-refractivity contribution < 1.29 is 4.92 Å². The lowest BCUT2D eigenvalue weighted by Crippen LogP contribution is -1.92. The quantitative estimate of drug-likeness (QED) is 0.393. The molecule has 0 aliphatic carbocycles. The maximum absolute atomic E-state index is 10.8. The summed E-state index contributed by atoms with van der Waals surface area (Å²) in [5.74, 6) is 0.745. The van der Waals surface area contributed by atoms with Crippen LogP contribution in [0, 0.1) is 17.0 Å². The van der Waals surface area contributed by atoms with Gasteiger partial charge in [-0.3, -0.25) is 10.1 Å². The third-order valence-corrected chi connectivity index (χ3v) is 4.80. The first-order chi connectivity index (χ1) is 11.1. The maximum Gasteiger partial charge on any atom is 0.270 e. The Morgan fingerprint density at radius 3 is 2.78 bits per heavy atom. The van der Waals surface area contributed by atoms with Crippen molar-refractivity contribution in [3.63, 3.8) is 0 Å². The first-order valence-electron chi connectivity index (χ1n) is 6.74. The van der Waals surface area contributed by atoms with Crippen LogP contribution in [0.25, 0.3) is 11.3 Å². The Kier molecular flexibility index (Phi) is 4.63. The number of thioether (sulfide) groups is 1. The second kappa shape index (κ2) is 6.84. The first kappa shape index (κ1) is 15.6.